The Balaban J connectivity index is 1.11. The molecule has 8 nitrogen and oxygen atoms in total. The zero-order valence-corrected chi connectivity index (χ0v) is 21.0. The van der Waals surface area contributed by atoms with Gasteiger partial charge in [-0.2, -0.15) is 0 Å². The summed E-state index contributed by atoms with van der Waals surface area (Å²) in [5.74, 6) is -0.280. The van der Waals surface area contributed by atoms with E-state index < -0.39 is 0 Å². The Kier molecular flexibility index (Phi) is 7.06. The fourth-order valence-electron chi connectivity index (χ4n) is 4.86. The Hall–Kier alpha value is -2.91. The summed E-state index contributed by atoms with van der Waals surface area (Å²) < 4.78 is 1.37. The van der Waals surface area contributed by atoms with E-state index in [9.17, 15) is 14.4 Å². The second-order valence-corrected chi connectivity index (χ2v) is 10.5. The van der Waals surface area contributed by atoms with Gasteiger partial charge in [0.15, 0.2) is 0 Å². The Morgan fingerprint density at radius 1 is 1.11 bits per heavy atom. The highest BCUT2D eigenvalue weighted by Crippen LogP contribution is 2.33. The van der Waals surface area contributed by atoms with Crippen molar-refractivity contribution in [3.05, 3.63) is 56.4 Å². The lowest BCUT2D eigenvalue weighted by atomic mass is 9.97. The highest BCUT2D eigenvalue weighted by atomic mass is 35.5. The summed E-state index contributed by atoms with van der Waals surface area (Å²) in [6.45, 7) is 2.88. The summed E-state index contributed by atoms with van der Waals surface area (Å²) in [5, 5.41) is 4.15. The van der Waals surface area contributed by atoms with Gasteiger partial charge < -0.3 is 15.1 Å². The molecule has 5 rings (SSSR count). The Morgan fingerprint density at radius 2 is 1.91 bits per heavy atom. The molecule has 35 heavy (non-hydrogen) atoms. The highest BCUT2D eigenvalue weighted by Gasteiger charge is 2.22. The number of anilines is 1. The number of nitrogens with zero attached hydrogens (tertiary/aromatic N) is 4. The number of aromatic nitrogens is 2. The van der Waals surface area contributed by atoms with Crippen molar-refractivity contribution in [1.82, 2.24) is 19.8 Å². The van der Waals surface area contributed by atoms with Crippen molar-refractivity contribution in [1.29, 1.82) is 0 Å². The molecule has 0 radical (unpaired) electrons. The molecule has 1 N–H and O–H groups in total. The number of rotatable bonds is 6. The van der Waals surface area contributed by atoms with Crippen LogP contribution >= 0.6 is 22.9 Å². The lowest BCUT2D eigenvalue weighted by Gasteiger charge is -2.36. The maximum atomic E-state index is 13.0. The van der Waals surface area contributed by atoms with Gasteiger partial charge in [-0.25, -0.2) is 4.98 Å². The molecule has 1 aliphatic carbocycles. The van der Waals surface area contributed by atoms with Crippen LogP contribution in [-0.2, 0) is 29.0 Å². The molecule has 2 amide bonds. The molecule has 0 bridgehead atoms. The molecule has 1 fully saturated rings. The Labute approximate surface area is 212 Å². The first-order valence-corrected chi connectivity index (χ1v) is 13.2. The molecule has 0 atom stereocenters. The molecule has 3 aromatic rings. The quantitative estimate of drug-likeness (QED) is 0.547. The number of aryl methyl sites for hydroxylation is 2. The van der Waals surface area contributed by atoms with Crippen LogP contribution in [0.2, 0.25) is 5.02 Å². The number of amides is 2. The molecule has 0 unspecified atom stereocenters. The Morgan fingerprint density at radius 3 is 2.71 bits per heavy atom. The van der Waals surface area contributed by atoms with Gasteiger partial charge in [0.05, 0.1) is 11.7 Å². The van der Waals surface area contributed by atoms with Crippen LogP contribution in [0.5, 0.6) is 0 Å². The summed E-state index contributed by atoms with van der Waals surface area (Å²) >= 11 is 7.68. The molecule has 10 heteroatoms. The summed E-state index contributed by atoms with van der Waals surface area (Å²) in [4.78, 5) is 48.6. The van der Waals surface area contributed by atoms with Gasteiger partial charge in [0.1, 0.15) is 11.4 Å². The van der Waals surface area contributed by atoms with Gasteiger partial charge in [0.25, 0.3) is 5.56 Å². The topological polar surface area (TPSA) is 87.5 Å². The molecule has 3 heterocycles. The minimum Gasteiger partial charge on any atom is -0.368 e. The maximum absolute atomic E-state index is 13.0. The summed E-state index contributed by atoms with van der Waals surface area (Å²) in [5.41, 5.74) is 2.02. The third kappa shape index (κ3) is 5.21. The number of benzene rings is 1. The summed E-state index contributed by atoms with van der Waals surface area (Å²) in [7, 11) is 0. The molecule has 1 aliphatic heterocycles. The van der Waals surface area contributed by atoms with Crippen molar-refractivity contribution in [2.24, 2.45) is 0 Å². The molecule has 1 saturated heterocycles. The van der Waals surface area contributed by atoms with E-state index in [-0.39, 0.29) is 36.9 Å². The SMILES string of the molecule is O=C(Cn1cnc2sc3c(c2c1=O)CCCC3)NCCC(=O)N1CCN(c2cccc(Cl)c2)CC1. The van der Waals surface area contributed by atoms with Crippen LogP contribution in [0, 0.1) is 0 Å². The number of piperazine rings is 1. The zero-order valence-electron chi connectivity index (χ0n) is 19.5. The third-order valence-corrected chi connectivity index (χ3v) is 8.16. The predicted octanol–water partition coefficient (Wildman–Crippen LogP) is 2.85. The van der Waals surface area contributed by atoms with E-state index in [1.54, 1.807) is 11.3 Å². The molecule has 184 valence electrons. The van der Waals surface area contributed by atoms with Gasteiger partial charge in [0, 0.05) is 54.7 Å². The van der Waals surface area contributed by atoms with Gasteiger partial charge in [-0.3, -0.25) is 19.0 Å². The van der Waals surface area contributed by atoms with Crippen molar-refractivity contribution < 1.29 is 9.59 Å². The lowest BCUT2D eigenvalue weighted by molar-refractivity contribution is -0.131. The smallest absolute Gasteiger partial charge is 0.262 e. The number of fused-ring (bicyclic) bond motifs is 3. The average molecular weight is 514 g/mol. The maximum Gasteiger partial charge on any atom is 0.262 e. The monoisotopic (exact) mass is 513 g/mol. The standard InChI is InChI=1S/C25H28ClN5O3S/c26-17-4-3-5-18(14-17)29-10-12-30(13-11-29)22(33)8-9-27-21(32)15-31-16-28-24-23(25(31)34)19-6-1-2-7-20(19)35-24/h3-5,14,16H,1-2,6-13,15H2,(H,27,32). The molecule has 1 aromatic carbocycles. The number of halogens is 1. The van der Waals surface area contributed by atoms with E-state index >= 15 is 0 Å². The van der Waals surface area contributed by atoms with Crippen LogP contribution < -0.4 is 15.8 Å². The molecule has 2 aliphatic rings. The normalized spacial score (nSPS) is 15.8. The van der Waals surface area contributed by atoms with Crippen LogP contribution in [0.15, 0.2) is 35.4 Å². The minimum atomic E-state index is -0.295. The molecular formula is C25H28ClN5O3S. The number of hydrogen-bond donors (Lipinski definition) is 1. The molecular weight excluding hydrogens is 486 g/mol. The third-order valence-electron chi connectivity index (χ3n) is 6.72. The summed E-state index contributed by atoms with van der Waals surface area (Å²) in [6.07, 6.45) is 5.81. The van der Waals surface area contributed by atoms with Crippen molar-refractivity contribution in [3.8, 4) is 0 Å². The predicted molar refractivity (Wildman–Crippen MR) is 138 cm³/mol. The van der Waals surface area contributed by atoms with E-state index in [2.05, 4.69) is 15.2 Å². The first kappa shape index (κ1) is 23.8. The summed E-state index contributed by atoms with van der Waals surface area (Å²) in [6, 6.07) is 7.72. The van der Waals surface area contributed by atoms with Crippen LogP contribution in [0.25, 0.3) is 10.2 Å². The second kappa shape index (κ2) is 10.4. The van der Waals surface area contributed by atoms with Gasteiger partial charge in [-0.05, 0) is 49.4 Å². The number of thiophene rings is 1. The van der Waals surface area contributed by atoms with Gasteiger partial charge in [-0.1, -0.05) is 17.7 Å². The van der Waals surface area contributed by atoms with Crippen molar-refractivity contribution >= 4 is 50.7 Å². The van der Waals surface area contributed by atoms with Crippen LogP contribution in [0.3, 0.4) is 0 Å². The number of nitrogens with one attached hydrogen (secondary N) is 1. The van der Waals surface area contributed by atoms with E-state index in [1.807, 2.05) is 29.2 Å². The van der Waals surface area contributed by atoms with E-state index in [1.165, 1.54) is 15.8 Å². The highest BCUT2D eigenvalue weighted by molar-refractivity contribution is 7.18. The van der Waals surface area contributed by atoms with E-state index in [0.717, 1.165) is 54.9 Å². The minimum absolute atomic E-state index is 0.0150. The first-order valence-electron chi connectivity index (χ1n) is 12.0. The van der Waals surface area contributed by atoms with Crippen LogP contribution in [0.4, 0.5) is 5.69 Å². The van der Waals surface area contributed by atoms with Gasteiger partial charge >= 0.3 is 0 Å². The zero-order chi connectivity index (χ0) is 24.4. The van der Waals surface area contributed by atoms with Crippen molar-refractivity contribution in [2.45, 2.75) is 38.6 Å². The number of hydrogen-bond acceptors (Lipinski definition) is 6. The van der Waals surface area contributed by atoms with Crippen LogP contribution in [0.1, 0.15) is 29.7 Å². The molecule has 0 spiro atoms. The number of carbonyl (C=O) groups excluding carboxylic acids is 2. The van der Waals surface area contributed by atoms with E-state index in [4.69, 9.17) is 11.6 Å². The van der Waals surface area contributed by atoms with Gasteiger partial charge in [0.2, 0.25) is 11.8 Å². The fraction of sp³-hybridized carbons (Fsp3) is 0.440. The largest absolute Gasteiger partial charge is 0.368 e. The average Bonchev–Trinajstić information content (AvgIpc) is 3.25. The molecule has 0 saturated carbocycles. The van der Waals surface area contributed by atoms with Crippen molar-refractivity contribution in [2.75, 3.05) is 37.6 Å². The fourth-order valence-corrected chi connectivity index (χ4v) is 6.26. The lowest BCUT2D eigenvalue weighted by Crippen LogP contribution is -2.49. The molecule has 2 aromatic heterocycles. The second-order valence-electron chi connectivity index (χ2n) is 9.02. The number of carbonyl (C=O) groups is 2. The van der Waals surface area contributed by atoms with Crippen LogP contribution in [-0.4, -0.2) is 59.0 Å². The Bertz CT molecular complexity index is 1310. The first-order chi connectivity index (χ1) is 17.0. The van der Waals surface area contributed by atoms with Crippen molar-refractivity contribution in [3.63, 3.8) is 0 Å². The van der Waals surface area contributed by atoms with E-state index in [0.29, 0.717) is 23.5 Å². The van der Waals surface area contributed by atoms with Gasteiger partial charge in [-0.15, -0.1) is 11.3 Å².